The fourth-order valence-electron chi connectivity index (χ4n) is 5.62. The molecule has 47 heavy (non-hydrogen) atoms. The second kappa shape index (κ2) is 14.3. The summed E-state index contributed by atoms with van der Waals surface area (Å²) in [6, 6.07) is 16.4. The van der Waals surface area contributed by atoms with Crippen molar-refractivity contribution in [3.05, 3.63) is 89.1 Å². The SMILES string of the molecule is COc1cc(C(=O)NS(=O)(=O)c2ccccc2C#CC(O)C(C)C)ccc1C(C)c1c[nH]c2ccc(NC(=O)OC3CCCC3)cc12. The lowest BCUT2D eigenvalue weighted by atomic mass is 9.91. The number of ether oxygens (including phenoxy) is 2. The number of carbonyl (C=O) groups is 2. The third-order valence-electron chi connectivity index (χ3n) is 8.35. The van der Waals surface area contributed by atoms with Crippen LogP contribution in [-0.4, -0.2) is 49.8 Å². The molecule has 3 aromatic carbocycles. The van der Waals surface area contributed by atoms with Crippen LogP contribution in [0.4, 0.5) is 10.5 Å². The molecule has 1 fully saturated rings. The van der Waals surface area contributed by atoms with E-state index in [9.17, 15) is 23.1 Å². The van der Waals surface area contributed by atoms with Crippen LogP contribution in [0.2, 0.25) is 0 Å². The van der Waals surface area contributed by atoms with Crippen molar-refractivity contribution in [3.63, 3.8) is 0 Å². The second-order valence-electron chi connectivity index (χ2n) is 12.0. The summed E-state index contributed by atoms with van der Waals surface area (Å²) in [5.41, 5.74) is 3.45. The standard InChI is InChI=1S/C36H39N3O7S/c1-22(2)32(40)18-14-24-9-5-8-12-34(24)47(43,44)39-35(41)25-13-16-28(33(19-25)45-4)23(3)30-21-37-31-17-15-26(20-29(30)31)38-36(42)46-27-10-6-7-11-27/h5,8-9,12-13,15-17,19-23,27,32,37,40H,6-7,10-11H2,1-4H3,(H,38,42)(H,39,41). The van der Waals surface area contributed by atoms with E-state index in [0.717, 1.165) is 47.7 Å². The Morgan fingerprint density at radius 1 is 1.00 bits per heavy atom. The molecule has 1 saturated carbocycles. The van der Waals surface area contributed by atoms with Gasteiger partial charge in [-0.25, -0.2) is 17.9 Å². The Morgan fingerprint density at radius 3 is 2.47 bits per heavy atom. The third-order valence-corrected chi connectivity index (χ3v) is 9.74. The maximum atomic E-state index is 13.3. The summed E-state index contributed by atoms with van der Waals surface area (Å²) in [5, 5.41) is 13.8. The van der Waals surface area contributed by atoms with Gasteiger partial charge in [-0.15, -0.1) is 0 Å². The Bertz CT molecular complexity index is 1950. The van der Waals surface area contributed by atoms with Crippen LogP contribution >= 0.6 is 0 Å². The number of methoxy groups -OCH3 is 1. The van der Waals surface area contributed by atoms with Gasteiger partial charge in [0.15, 0.2) is 0 Å². The zero-order chi connectivity index (χ0) is 33.7. The average Bonchev–Trinajstić information content (AvgIpc) is 3.72. The van der Waals surface area contributed by atoms with E-state index < -0.39 is 28.1 Å². The van der Waals surface area contributed by atoms with E-state index in [4.69, 9.17) is 9.47 Å². The third kappa shape index (κ3) is 7.79. The number of aromatic nitrogens is 1. The highest BCUT2D eigenvalue weighted by molar-refractivity contribution is 7.90. The Labute approximate surface area is 274 Å². The zero-order valence-corrected chi connectivity index (χ0v) is 27.6. The molecule has 0 spiro atoms. The molecule has 11 heteroatoms. The summed E-state index contributed by atoms with van der Waals surface area (Å²) in [6.45, 7) is 5.59. The first kappa shape index (κ1) is 33.6. The minimum Gasteiger partial charge on any atom is -0.496 e. The summed E-state index contributed by atoms with van der Waals surface area (Å²) in [7, 11) is -2.82. The maximum absolute atomic E-state index is 13.3. The van der Waals surface area contributed by atoms with Gasteiger partial charge in [-0.3, -0.25) is 10.1 Å². The van der Waals surface area contributed by atoms with E-state index in [2.05, 4.69) is 26.9 Å². The highest BCUT2D eigenvalue weighted by atomic mass is 32.2. The number of benzene rings is 3. The van der Waals surface area contributed by atoms with Crippen LogP contribution in [0.15, 0.2) is 71.8 Å². The van der Waals surface area contributed by atoms with E-state index in [1.165, 1.54) is 31.4 Å². The Kier molecular flexibility index (Phi) is 10.2. The smallest absolute Gasteiger partial charge is 0.411 e. The predicted molar refractivity (Wildman–Crippen MR) is 180 cm³/mol. The number of hydrogen-bond donors (Lipinski definition) is 4. The fourth-order valence-corrected chi connectivity index (χ4v) is 6.76. The lowest BCUT2D eigenvalue weighted by Crippen LogP contribution is -2.31. The lowest BCUT2D eigenvalue weighted by molar-refractivity contribution is 0.0980. The average molecular weight is 658 g/mol. The molecule has 1 aliphatic carbocycles. The van der Waals surface area contributed by atoms with Crippen molar-refractivity contribution < 1.29 is 32.6 Å². The van der Waals surface area contributed by atoms with Gasteiger partial charge in [-0.05, 0) is 79.6 Å². The monoisotopic (exact) mass is 657 g/mol. The molecule has 1 aromatic heterocycles. The number of rotatable bonds is 9. The molecule has 4 aromatic rings. The number of sulfonamides is 1. The molecule has 5 rings (SSSR count). The van der Waals surface area contributed by atoms with Crippen molar-refractivity contribution in [1.29, 1.82) is 0 Å². The van der Waals surface area contributed by atoms with Crippen molar-refractivity contribution in [3.8, 4) is 17.6 Å². The summed E-state index contributed by atoms with van der Waals surface area (Å²) in [6.07, 6.45) is 4.36. The normalized spacial score (nSPS) is 14.7. The Hall–Kier alpha value is -4.79. The van der Waals surface area contributed by atoms with Crippen LogP contribution in [0, 0.1) is 17.8 Å². The molecule has 0 bridgehead atoms. The first-order valence-electron chi connectivity index (χ1n) is 15.6. The van der Waals surface area contributed by atoms with E-state index in [1.807, 2.05) is 31.3 Å². The molecule has 1 heterocycles. The lowest BCUT2D eigenvalue weighted by Gasteiger charge is -2.17. The van der Waals surface area contributed by atoms with Gasteiger partial charge in [0.25, 0.3) is 15.9 Å². The summed E-state index contributed by atoms with van der Waals surface area (Å²) in [5.74, 6) is 4.62. The first-order valence-corrected chi connectivity index (χ1v) is 17.1. The molecule has 246 valence electrons. The number of anilines is 1. The van der Waals surface area contributed by atoms with Crippen LogP contribution in [0.5, 0.6) is 5.75 Å². The van der Waals surface area contributed by atoms with Crippen LogP contribution in [0.1, 0.15) is 79.4 Å². The van der Waals surface area contributed by atoms with Gasteiger partial charge in [0.2, 0.25) is 0 Å². The van der Waals surface area contributed by atoms with Gasteiger partial charge in [0, 0.05) is 45.4 Å². The number of nitrogens with one attached hydrogen (secondary N) is 3. The van der Waals surface area contributed by atoms with Gasteiger partial charge < -0.3 is 19.6 Å². The van der Waals surface area contributed by atoms with Crippen molar-refractivity contribution in [2.24, 2.45) is 5.92 Å². The maximum Gasteiger partial charge on any atom is 0.411 e. The fraction of sp³-hybridized carbons (Fsp3) is 0.333. The first-order chi connectivity index (χ1) is 22.5. The number of carbonyl (C=O) groups excluding carboxylic acids is 2. The number of hydrogen-bond acceptors (Lipinski definition) is 7. The molecule has 0 saturated heterocycles. The van der Waals surface area contributed by atoms with Crippen LogP contribution in [-0.2, 0) is 14.8 Å². The highest BCUT2D eigenvalue weighted by Crippen LogP contribution is 2.37. The Morgan fingerprint density at radius 2 is 1.74 bits per heavy atom. The van der Waals surface area contributed by atoms with E-state index >= 15 is 0 Å². The molecule has 0 radical (unpaired) electrons. The van der Waals surface area contributed by atoms with Crippen molar-refractivity contribution in [2.75, 3.05) is 12.4 Å². The number of fused-ring (bicyclic) bond motifs is 1. The minimum atomic E-state index is -4.30. The molecule has 4 N–H and O–H groups in total. The van der Waals surface area contributed by atoms with Gasteiger partial charge in [0.05, 0.1) is 7.11 Å². The number of aliphatic hydroxyl groups is 1. The predicted octanol–water partition coefficient (Wildman–Crippen LogP) is 6.31. The summed E-state index contributed by atoms with van der Waals surface area (Å²) >= 11 is 0. The van der Waals surface area contributed by atoms with Crippen LogP contribution < -0.4 is 14.8 Å². The molecule has 2 atom stereocenters. The molecule has 0 aliphatic heterocycles. The molecule has 1 aliphatic rings. The number of H-pyrrole nitrogens is 1. The van der Waals surface area contributed by atoms with Crippen molar-refractivity contribution >= 4 is 38.6 Å². The van der Waals surface area contributed by atoms with E-state index in [1.54, 1.807) is 32.0 Å². The quantitative estimate of drug-likeness (QED) is 0.154. The molecule has 2 unspecified atom stereocenters. The van der Waals surface area contributed by atoms with E-state index in [-0.39, 0.29) is 34.0 Å². The highest BCUT2D eigenvalue weighted by Gasteiger charge is 2.24. The van der Waals surface area contributed by atoms with Crippen molar-refractivity contribution in [2.45, 2.75) is 69.5 Å². The molecule has 10 nitrogen and oxygen atoms in total. The van der Waals surface area contributed by atoms with Gasteiger partial charge in [-0.1, -0.05) is 50.8 Å². The molecular weight excluding hydrogens is 618 g/mol. The topological polar surface area (TPSA) is 147 Å². The number of aliphatic hydroxyl groups excluding tert-OH is 1. The van der Waals surface area contributed by atoms with Gasteiger partial charge >= 0.3 is 6.09 Å². The Balaban J connectivity index is 1.35. The number of aromatic amines is 1. The van der Waals surface area contributed by atoms with Gasteiger partial charge in [-0.2, -0.15) is 0 Å². The van der Waals surface area contributed by atoms with Gasteiger partial charge in [0.1, 0.15) is 22.9 Å². The van der Waals surface area contributed by atoms with E-state index in [0.29, 0.717) is 11.4 Å². The van der Waals surface area contributed by atoms with Crippen molar-refractivity contribution in [1.82, 2.24) is 9.71 Å². The summed E-state index contributed by atoms with van der Waals surface area (Å²) < 4.78 is 39.9. The summed E-state index contributed by atoms with van der Waals surface area (Å²) in [4.78, 5) is 28.8. The van der Waals surface area contributed by atoms with Crippen LogP contribution in [0.3, 0.4) is 0 Å². The minimum absolute atomic E-state index is 0.0427. The molecule has 2 amide bonds. The largest absolute Gasteiger partial charge is 0.496 e. The van der Waals surface area contributed by atoms with Crippen LogP contribution in [0.25, 0.3) is 10.9 Å². The second-order valence-corrected chi connectivity index (χ2v) is 13.7. The molecular formula is C36H39N3O7S. The number of amides is 2. The zero-order valence-electron chi connectivity index (χ0n) is 26.8.